The Labute approximate surface area is 163 Å². The van der Waals surface area contributed by atoms with Gasteiger partial charge in [0.05, 0.1) is 12.8 Å². The van der Waals surface area contributed by atoms with Crippen LogP contribution in [0.1, 0.15) is 52.5 Å². The molecule has 4 nitrogen and oxygen atoms in total. The highest BCUT2D eigenvalue weighted by molar-refractivity contribution is 6.01. The van der Waals surface area contributed by atoms with Crippen molar-refractivity contribution in [2.75, 3.05) is 12.4 Å². The van der Waals surface area contributed by atoms with Gasteiger partial charge in [-0.05, 0) is 35.7 Å². The van der Waals surface area contributed by atoms with Crippen LogP contribution in [-0.2, 0) is 4.79 Å². The second kappa shape index (κ2) is 11.8. The number of carbonyl (C=O) groups is 1. The molecule has 4 heteroatoms. The second-order valence-electron chi connectivity index (χ2n) is 5.64. The van der Waals surface area contributed by atoms with Crippen molar-refractivity contribution in [3.05, 3.63) is 60.3 Å². The lowest BCUT2D eigenvalue weighted by Gasteiger charge is -2.15. The summed E-state index contributed by atoms with van der Waals surface area (Å²) >= 11 is 0. The first kappa shape index (κ1) is 22.3. The lowest BCUT2D eigenvalue weighted by molar-refractivity contribution is -0.116. The number of benzene rings is 2. The number of methoxy groups -OCH3 is 1. The molecule has 0 saturated carbocycles. The Kier molecular flexibility index (Phi) is 9.73. The van der Waals surface area contributed by atoms with Gasteiger partial charge >= 0.3 is 0 Å². The number of aromatic nitrogens is 1. The van der Waals surface area contributed by atoms with Crippen molar-refractivity contribution in [1.29, 1.82) is 0 Å². The highest BCUT2D eigenvalue weighted by atomic mass is 16.5. The lowest BCUT2D eigenvalue weighted by atomic mass is 9.96. The van der Waals surface area contributed by atoms with Gasteiger partial charge < -0.3 is 15.0 Å². The third-order valence-electron chi connectivity index (χ3n) is 4.03. The quantitative estimate of drug-likeness (QED) is 0.550. The Bertz CT molecular complexity index is 824. The maximum absolute atomic E-state index is 12.4. The van der Waals surface area contributed by atoms with Gasteiger partial charge in [0.2, 0.25) is 5.91 Å². The Balaban J connectivity index is 0.000000855. The summed E-state index contributed by atoms with van der Waals surface area (Å²) in [5, 5.41) is 4.03. The summed E-state index contributed by atoms with van der Waals surface area (Å²) in [5.74, 6) is 0.897. The molecule has 27 heavy (non-hydrogen) atoms. The number of hydrogen-bond donors (Lipinski definition) is 2. The zero-order valence-electron chi connectivity index (χ0n) is 17.3. The summed E-state index contributed by atoms with van der Waals surface area (Å²) < 4.78 is 5.38. The van der Waals surface area contributed by atoms with Crippen molar-refractivity contribution >= 4 is 22.5 Å². The van der Waals surface area contributed by atoms with Crippen LogP contribution in [0.3, 0.4) is 0 Å². The minimum atomic E-state index is -0.00268. The standard InChI is InChI=1S/C19H20N2O2.2C2H6/c1-13(14-6-3-4-9-18(14)23-2)12-19(22)21-17-8-5-7-16-15(17)10-11-20-16;2*1-2/h3-11,13,20H,12H2,1-2H3,(H,21,22);2*1-2H3. The summed E-state index contributed by atoms with van der Waals surface area (Å²) in [6.45, 7) is 10.0. The summed E-state index contributed by atoms with van der Waals surface area (Å²) in [5.41, 5.74) is 2.89. The third kappa shape index (κ3) is 5.88. The number of carbonyl (C=O) groups excluding carboxylic acids is 1. The predicted molar refractivity (Wildman–Crippen MR) is 116 cm³/mol. The fraction of sp³-hybridized carbons (Fsp3) is 0.348. The number of H-pyrrole nitrogens is 1. The van der Waals surface area contributed by atoms with E-state index in [9.17, 15) is 4.79 Å². The average Bonchev–Trinajstić information content (AvgIpc) is 3.21. The molecular weight excluding hydrogens is 336 g/mol. The summed E-state index contributed by atoms with van der Waals surface area (Å²) in [6, 6.07) is 15.6. The van der Waals surface area contributed by atoms with E-state index in [0.717, 1.165) is 27.9 Å². The fourth-order valence-corrected chi connectivity index (χ4v) is 2.86. The van der Waals surface area contributed by atoms with E-state index in [2.05, 4.69) is 10.3 Å². The van der Waals surface area contributed by atoms with Crippen molar-refractivity contribution < 1.29 is 9.53 Å². The zero-order chi connectivity index (χ0) is 20.2. The molecule has 0 radical (unpaired) electrons. The van der Waals surface area contributed by atoms with Gasteiger partial charge in [0.1, 0.15) is 5.75 Å². The van der Waals surface area contributed by atoms with Gasteiger partial charge in [-0.1, -0.05) is 58.9 Å². The minimum absolute atomic E-state index is 0.00268. The summed E-state index contributed by atoms with van der Waals surface area (Å²) in [6.07, 6.45) is 2.28. The molecule has 1 aromatic heterocycles. The van der Waals surface area contributed by atoms with Crippen molar-refractivity contribution in [1.82, 2.24) is 4.98 Å². The van der Waals surface area contributed by atoms with E-state index in [1.165, 1.54) is 0 Å². The largest absolute Gasteiger partial charge is 0.496 e. The van der Waals surface area contributed by atoms with Crippen LogP contribution in [0.25, 0.3) is 10.9 Å². The van der Waals surface area contributed by atoms with E-state index < -0.39 is 0 Å². The number of aromatic amines is 1. The monoisotopic (exact) mass is 368 g/mol. The highest BCUT2D eigenvalue weighted by Crippen LogP contribution is 2.29. The molecule has 0 spiro atoms. The number of amides is 1. The van der Waals surface area contributed by atoms with Gasteiger partial charge in [-0.2, -0.15) is 0 Å². The maximum Gasteiger partial charge on any atom is 0.224 e. The van der Waals surface area contributed by atoms with Gasteiger partial charge in [0.15, 0.2) is 0 Å². The Morgan fingerprint density at radius 1 is 1.04 bits per heavy atom. The molecule has 3 rings (SSSR count). The normalized spacial score (nSPS) is 10.7. The van der Waals surface area contributed by atoms with E-state index in [-0.39, 0.29) is 11.8 Å². The van der Waals surface area contributed by atoms with Crippen molar-refractivity contribution in [2.24, 2.45) is 0 Å². The molecule has 0 bridgehead atoms. The number of para-hydroxylation sites is 1. The maximum atomic E-state index is 12.4. The van der Waals surface area contributed by atoms with Crippen molar-refractivity contribution in [3.8, 4) is 5.75 Å². The van der Waals surface area contributed by atoms with Crippen LogP contribution in [0.4, 0.5) is 5.69 Å². The molecule has 1 amide bonds. The number of anilines is 1. The minimum Gasteiger partial charge on any atom is -0.496 e. The zero-order valence-corrected chi connectivity index (χ0v) is 17.3. The first-order chi connectivity index (χ1) is 13.2. The number of fused-ring (bicyclic) bond motifs is 1. The van der Waals surface area contributed by atoms with Gasteiger partial charge in [-0.15, -0.1) is 0 Å². The van der Waals surface area contributed by atoms with Gasteiger partial charge in [-0.25, -0.2) is 0 Å². The molecule has 0 aliphatic heterocycles. The smallest absolute Gasteiger partial charge is 0.224 e. The SMILES string of the molecule is CC.CC.COc1ccccc1C(C)CC(=O)Nc1cccc2[nH]ccc12. The Hall–Kier alpha value is -2.75. The average molecular weight is 369 g/mol. The summed E-state index contributed by atoms with van der Waals surface area (Å²) in [7, 11) is 1.65. The van der Waals surface area contributed by atoms with Crippen LogP contribution in [0.2, 0.25) is 0 Å². The molecule has 146 valence electrons. The molecule has 2 aromatic carbocycles. The molecule has 2 N–H and O–H groups in total. The number of nitrogens with one attached hydrogen (secondary N) is 2. The molecule has 0 fully saturated rings. The van der Waals surface area contributed by atoms with Crippen LogP contribution >= 0.6 is 0 Å². The molecule has 0 aliphatic carbocycles. The second-order valence-corrected chi connectivity index (χ2v) is 5.64. The number of hydrogen-bond acceptors (Lipinski definition) is 2. The Morgan fingerprint density at radius 2 is 1.74 bits per heavy atom. The van der Waals surface area contributed by atoms with Gasteiger partial charge in [0, 0.05) is 23.5 Å². The first-order valence-corrected chi connectivity index (χ1v) is 9.68. The number of ether oxygens (including phenoxy) is 1. The lowest BCUT2D eigenvalue weighted by Crippen LogP contribution is -2.15. The molecule has 1 unspecified atom stereocenters. The predicted octanol–water partition coefficient (Wildman–Crippen LogP) is 6.36. The van der Waals surface area contributed by atoms with Crippen LogP contribution in [0, 0.1) is 0 Å². The third-order valence-corrected chi connectivity index (χ3v) is 4.03. The van der Waals surface area contributed by atoms with Crippen molar-refractivity contribution in [3.63, 3.8) is 0 Å². The highest BCUT2D eigenvalue weighted by Gasteiger charge is 2.15. The van der Waals surface area contributed by atoms with Crippen LogP contribution in [0.15, 0.2) is 54.7 Å². The van der Waals surface area contributed by atoms with Gasteiger partial charge in [-0.3, -0.25) is 4.79 Å². The molecule has 1 heterocycles. The van der Waals surface area contributed by atoms with Crippen molar-refractivity contribution in [2.45, 2.75) is 47.0 Å². The molecule has 3 aromatic rings. The molecule has 1 atom stereocenters. The van der Waals surface area contributed by atoms with E-state index in [1.807, 2.05) is 89.3 Å². The summed E-state index contributed by atoms with van der Waals surface area (Å²) in [4.78, 5) is 15.5. The van der Waals surface area contributed by atoms with E-state index >= 15 is 0 Å². The van der Waals surface area contributed by atoms with Gasteiger partial charge in [0.25, 0.3) is 0 Å². The van der Waals surface area contributed by atoms with Crippen LogP contribution in [0.5, 0.6) is 5.75 Å². The molecular formula is C23H32N2O2. The number of rotatable bonds is 5. The first-order valence-electron chi connectivity index (χ1n) is 9.68. The molecule has 0 saturated heterocycles. The van der Waals surface area contributed by atoms with Crippen LogP contribution < -0.4 is 10.1 Å². The fourth-order valence-electron chi connectivity index (χ4n) is 2.86. The molecule has 0 aliphatic rings. The van der Waals surface area contributed by atoms with E-state index in [4.69, 9.17) is 4.74 Å². The van der Waals surface area contributed by atoms with E-state index in [0.29, 0.717) is 6.42 Å². The van der Waals surface area contributed by atoms with Crippen LogP contribution in [-0.4, -0.2) is 18.0 Å². The van der Waals surface area contributed by atoms with E-state index in [1.54, 1.807) is 7.11 Å². The topological polar surface area (TPSA) is 54.1 Å². The Morgan fingerprint density at radius 3 is 2.44 bits per heavy atom.